The Morgan fingerprint density at radius 3 is 3.00 bits per heavy atom. The second kappa shape index (κ2) is 7.25. The molecule has 6 nitrogen and oxygen atoms in total. The smallest absolute Gasteiger partial charge is 0.262 e. The number of hydrogen-bond acceptors (Lipinski definition) is 4. The Labute approximate surface area is 160 Å². The Morgan fingerprint density at radius 2 is 2.11 bits per heavy atom. The van der Waals surface area contributed by atoms with Crippen LogP contribution in [0.4, 0.5) is 11.4 Å². The molecular formula is C20H16ClN3O3. The number of aryl methyl sites for hydroxylation is 1. The summed E-state index contributed by atoms with van der Waals surface area (Å²) in [5, 5.41) is 6.97. The first kappa shape index (κ1) is 17.3. The number of benzene rings is 2. The normalized spacial score (nSPS) is 13.0. The van der Waals surface area contributed by atoms with Crippen LogP contribution in [0.2, 0.25) is 5.02 Å². The molecule has 4 rings (SSSR count). The summed E-state index contributed by atoms with van der Waals surface area (Å²) in [6.45, 7) is -0.137. The van der Waals surface area contributed by atoms with Gasteiger partial charge in [0.15, 0.2) is 6.61 Å². The zero-order valence-corrected chi connectivity index (χ0v) is 15.0. The topological polar surface area (TPSA) is 80.3 Å². The van der Waals surface area contributed by atoms with E-state index in [4.69, 9.17) is 16.3 Å². The third-order valence-electron chi connectivity index (χ3n) is 4.33. The number of nitrogens with one attached hydrogen (secondary N) is 2. The number of nitrogens with zero attached hydrogens (tertiary/aromatic N) is 1. The van der Waals surface area contributed by atoms with Crippen LogP contribution in [-0.2, 0) is 16.0 Å². The predicted molar refractivity (Wildman–Crippen MR) is 104 cm³/mol. The van der Waals surface area contributed by atoms with Crippen LogP contribution < -0.4 is 15.4 Å². The van der Waals surface area contributed by atoms with Crippen molar-refractivity contribution in [3.63, 3.8) is 0 Å². The Balaban J connectivity index is 1.44. The lowest BCUT2D eigenvalue weighted by molar-refractivity contribution is -0.118. The first-order chi connectivity index (χ1) is 13.1. The standard InChI is InChI=1S/C20H16ClN3O3/c21-15-5-7-17(20-14(15)2-1-9-22-20)24-19(26)11-27-13-4-6-16-12(10-13)3-8-18(25)23-16/h1-2,4-7,9-10H,3,8,11H2,(H,23,25)(H,24,26). The van der Waals surface area contributed by atoms with E-state index in [2.05, 4.69) is 15.6 Å². The van der Waals surface area contributed by atoms with Crippen molar-refractivity contribution < 1.29 is 14.3 Å². The lowest BCUT2D eigenvalue weighted by atomic mass is 10.0. The lowest BCUT2D eigenvalue weighted by Gasteiger charge is -2.17. The molecule has 2 heterocycles. The summed E-state index contributed by atoms with van der Waals surface area (Å²) in [7, 11) is 0. The molecule has 0 fully saturated rings. The molecule has 2 N–H and O–H groups in total. The van der Waals surface area contributed by atoms with Crippen LogP contribution in [0, 0.1) is 0 Å². The van der Waals surface area contributed by atoms with Crippen LogP contribution in [0.25, 0.3) is 10.9 Å². The van der Waals surface area contributed by atoms with Gasteiger partial charge in [-0.2, -0.15) is 0 Å². The van der Waals surface area contributed by atoms with Crippen molar-refractivity contribution in [2.24, 2.45) is 0 Å². The summed E-state index contributed by atoms with van der Waals surface area (Å²) in [4.78, 5) is 28.0. The van der Waals surface area contributed by atoms with Crippen molar-refractivity contribution in [1.29, 1.82) is 0 Å². The fourth-order valence-corrected chi connectivity index (χ4v) is 3.24. The summed E-state index contributed by atoms with van der Waals surface area (Å²) in [6, 6.07) is 12.5. The number of ether oxygens (including phenoxy) is 1. The first-order valence-electron chi connectivity index (χ1n) is 8.49. The van der Waals surface area contributed by atoms with Gasteiger partial charge in [0.05, 0.1) is 16.2 Å². The maximum Gasteiger partial charge on any atom is 0.262 e. The Hall–Kier alpha value is -3.12. The van der Waals surface area contributed by atoms with Gasteiger partial charge in [0.25, 0.3) is 5.91 Å². The number of carbonyl (C=O) groups is 2. The van der Waals surface area contributed by atoms with Crippen molar-refractivity contribution in [2.75, 3.05) is 17.2 Å². The minimum Gasteiger partial charge on any atom is -0.484 e. The van der Waals surface area contributed by atoms with Crippen LogP contribution in [-0.4, -0.2) is 23.4 Å². The van der Waals surface area contributed by atoms with Crippen LogP contribution in [0.3, 0.4) is 0 Å². The van der Waals surface area contributed by atoms with Gasteiger partial charge in [-0.05, 0) is 54.4 Å². The van der Waals surface area contributed by atoms with Gasteiger partial charge in [-0.15, -0.1) is 0 Å². The van der Waals surface area contributed by atoms with Gasteiger partial charge in [0.1, 0.15) is 5.75 Å². The summed E-state index contributed by atoms with van der Waals surface area (Å²) >= 11 is 6.17. The van der Waals surface area contributed by atoms with Gasteiger partial charge in [-0.3, -0.25) is 14.6 Å². The third kappa shape index (κ3) is 3.71. The molecule has 1 aliphatic rings. The molecule has 0 saturated carbocycles. The largest absolute Gasteiger partial charge is 0.484 e. The van der Waals surface area contributed by atoms with Gasteiger partial charge < -0.3 is 15.4 Å². The van der Waals surface area contributed by atoms with Crippen molar-refractivity contribution in [3.8, 4) is 5.75 Å². The second-order valence-electron chi connectivity index (χ2n) is 6.20. The molecule has 0 atom stereocenters. The summed E-state index contributed by atoms with van der Waals surface area (Å²) < 4.78 is 5.60. The number of carbonyl (C=O) groups excluding carboxylic acids is 2. The monoisotopic (exact) mass is 381 g/mol. The molecule has 0 radical (unpaired) electrons. The molecule has 2 aromatic carbocycles. The molecule has 3 aromatic rings. The number of rotatable bonds is 4. The number of fused-ring (bicyclic) bond motifs is 2. The molecule has 27 heavy (non-hydrogen) atoms. The highest BCUT2D eigenvalue weighted by molar-refractivity contribution is 6.35. The van der Waals surface area contributed by atoms with E-state index >= 15 is 0 Å². The molecule has 0 saturated heterocycles. The Morgan fingerprint density at radius 1 is 1.22 bits per heavy atom. The average Bonchev–Trinajstić information content (AvgIpc) is 2.69. The fraction of sp³-hybridized carbons (Fsp3) is 0.150. The lowest BCUT2D eigenvalue weighted by Crippen LogP contribution is -2.21. The zero-order valence-electron chi connectivity index (χ0n) is 14.3. The third-order valence-corrected chi connectivity index (χ3v) is 4.66. The zero-order chi connectivity index (χ0) is 18.8. The maximum absolute atomic E-state index is 12.3. The Bertz CT molecular complexity index is 1050. The first-order valence-corrected chi connectivity index (χ1v) is 8.86. The summed E-state index contributed by atoms with van der Waals surface area (Å²) in [5.41, 5.74) is 3.00. The van der Waals surface area contributed by atoms with E-state index in [1.54, 1.807) is 36.5 Å². The number of pyridine rings is 1. The molecule has 1 aromatic heterocycles. The molecule has 2 amide bonds. The molecule has 1 aliphatic heterocycles. The van der Waals surface area contributed by atoms with Crippen LogP contribution in [0.1, 0.15) is 12.0 Å². The molecule has 0 spiro atoms. The van der Waals surface area contributed by atoms with Crippen molar-refractivity contribution in [2.45, 2.75) is 12.8 Å². The van der Waals surface area contributed by atoms with Gasteiger partial charge in [-0.1, -0.05) is 11.6 Å². The molecular weight excluding hydrogens is 366 g/mol. The average molecular weight is 382 g/mol. The highest BCUT2D eigenvalue weighted by atomic mass is 35.5. The fourth-order valence-electron chi connectivity index (χ4n) is 3.02. The molecule has 7 heteroatoms. The van der Waals surface area contributed by atoms with Crippen LogP contribution in [0.15, 0.2) is 48.7 Å². The number of amides is 2. The highest BCUT2D eigenvalue weighted by Crippen LogP contribution is 2.28. The van der Waals surface area contributed by atoms with Crippen molar-refractivity contribution in [3.05, 3.63) is 59.2 Å². The number of anilines is 2. The van der Waals surface area contributed by atoms with Crippen molar-refractivity contribution >= 4 is 45.7 Å². The van der Waals surface area contributed by atoms with E-state index in [-0.39, 0.29) is 18.4 Å². The maximum atomic E-state index is 12.3. The van der Waals surface area contributed by atoms with Gasteiger partial charge in [-0.25, -0.2) is 0 Å². The molecule has 136 valence electrons. The van der Waals surface area contributed by atoms with Crippen molar-refractivity contribution in [1.82, 2.24) is 4.98 Å². The minimum atomic E-state index is -0.296. The quantitative estimate of drug-likeness (QED) is 0.720. The van der Waals surface area contributed by atoms with Crippen LogP contribution >= 0.6 is 11.6 Å². The van der Waals surface area contributed by atoms with E-state index in [9.17, 15) is 9.59 Å². The molecule has 0 aliphatic carbocycles. The van der Waals surface area contributed by atoms with Crippen LogP contribution in [0.5, 0.6) is 5.75 Å². The molecule has 0 unspecified atom stereocenters. The highest BCUT2D eigenvalue weighted by Gasteiger charge is 2.15. The van der Waals surface area contributed by atoms with E-state index in [0.29, 0.717) is 34.8 Å². The van der Waals surface area contributed by atoms with E-state index in [1.165, 1.54) is 0 Å². The van der Waals surface area contributed by atoms with Gasteiger partial charge >= 0.3 is 0 Å². The SMILES string of the molecule is O=C1CCc2cc(OCC(=O)Nc3ccc(Cl)c4cccnc34)ccc2N1. The number of hydrogen-bond donors (Lipinski definition) is 2. The summed E-state index contributed by atoms with van der Waals surface area (Å²) in [6.07, 6.45) is 2.76. The number of halogens is 1. The Kier molecular flexibility index (Phi) is 4.64. The minimum absolute atomic E-state index is 0.0133. The molecule has 0 bridgehead atoms. The van der Waals surface area contributed by atoms with E-state index in [0.717, 1.165) is 16.6 Å². The predicted octanol–water partition coefficient (Wildman–Crippen LogP) is 3.79. The van der Waals surface area contributed by atoms with E-state index in [1.807, 2.05) is 12.1 Å². The van der Waals surface area contributed by atoms with E-state index < -0.39 is 0 Å². The van der Waals surface area contributed by atoms with Gasteiger partial charge in [0, 0.05) is 23.7 Å². The number of aromatic nitrogens is 1. The summed E-state index contributed by atoms with van der Waals surface area (Å²) in [5.74, 6) is 0.300. The van der Waals surface area contributed by atoms with Gasteiger partial charge in [0.2, 0.25) is 5.91 Å². The second-order valence-corrected chi connectivity index (χ2v) is 6.61.